The van der Waals surface area contributed by atoms with Gasteiger partial charge in [-0.05, 0) is 49.4 Å². The number of aryl methyl sites for hydroxylation is 1. The summed E-state index contributed by atoms with van der Waals surface area (Å²) in [6.45, 7) is 4.53. The third-order valence-electron chi connectivity index (χ3n) is 6.17. The van der Waals surface area contributed by atoms with Gasteiger partial charge in [0.25, 0.3) is 5.89 Å². The van der Waals surface area contributed by atoms with Gasteiger partial charge in [-0.3, -0.25) is 4.90 Å². The fourth-order valence-electron chi connectivity index (χ4n) is 4.20. The van der Waals surface area contributed by atoms with Crippen molar-refractivity contribution in [3.63, 3.8) is 0 Å². The van der Waals surface area contributed by atoms with Gasteiger partial charge in [0.15, 0.2) is 0 Å². The predicted molar refractivity (Wildman–Crippen MR) is 136 cm³/mol. The minimum atomic E-state index is -0.433. The van der Waals surface area contributed by atoms with Crippen molar-refractivity contribution in [3.8, 4) is 17.1 Å². The second kappa shape index (κ2) is 9.76. The van der Waals surface area contributed by atoms with Gasteiger partial charge in [0.2, 0.25) is 5.82 Å². The van der Waals surface area contributed by atoms with Gasteiger partial charge < -0.3 is 14.6 Å². The molecule has 1 aliphatic heterocycles. The Bertz CT molecular complexity index is 1340. The number of nitrogens with zero attached hydrogens (tertiary/aromatic N) is 3. The van der Waals surface area contributed by atoms with Gasteiger partial charge in [-0.25, -0.2) is 4.79 Å². The van der Waals surface area contributed by atoms with E-state index in [0.29, 0.717) is 18.3 Å². The van der Waals surface area contributed by atoms with Crippen LogP contribution >= 0.6 is 11.3 Å². The van der Waals surface area contributed by atoms with Gasteiger partial charge in [0, 0.05) is 22.7 Å². The first-order valence-corrected chi connectivity index (χ1v) is 12.3. The van der Waals surface area contributed by atoms with Gasteiger partial charge in [-0.1, -0.05) is 53.2 Å². The summed E-state index contributed by atoms with van der Waals surface area (Å²) in [6.07, 6.45) is 0.765. The molecule has 2 aromatic carbocycles. The number of aromatic nitrogens is 2. The highest BCUT2D eigenvalue weighted by Crippen LogP contribution is 2.38. The highest BCUT2D eigenvalue weighted by molar-refractivity contribution is 7.09. The maximum atomic E-state index is 13.2. The van der Waals surface area contributed by atoms with E-state index in [1.807, 2.05) is 73.8 Å². The molecule has 0 aliphatic carbocycles. The molecule has 0 saturated heterocycles. The SMILES string of the molecule is COc1ccc(C2NC(=O)N(CCc3cccs3)C(C)=C2c2nc(-c3ccc(C)cc3)no2)cc1. The van der Waals surface area contributed by atoms with Crippen molar-refractivity contribution in [2.45, 2.75) is 26.3 Å². The second-order valence-electron chi connectivity index (χ2n) is 8.42. The molecule has 0 bridgehead atoms. The van der Waals surface area contributed by atoms with Gasteiger partial charge in [-0.2, -0.15) is 4.98 Å². The van der Waals surface area contributed by atoms with Crippen LogP contribution < -0.4 is 10.1 Å². The molecule has 3 heterocycles. The molecule has 1 unspecified atom stereocenters. The molecule has 2 amide bonds. The first-order valence-electron chi connectivity index (χ1n) is 11.4. The largest absolute Gasteiger partial charge is 0.497 e. The summed E-state index contributed by atoms with van der Waals surface area (Å²) in [4.78, 5) is 20.9. The molecule has 0 fully saturated rings. The second-order valence-corrected chi connectivity index (χ2v) is 9.46. The normalized spacial score (nSPS) is 15.9. The van der Waals surface area contributed by atoms with E-state index >= 15 is 0 Å². The van der Waals surface area contributed by atoms with Crippen molar-refractivity contribution in [2.75, 3.05) is 13.7 Å². The lowest BCUT2D eigenvalue weighted by Crippen LogP contribution is -2.46. The Labute approximate surface area is 208 Å². The third kappa shape index (κ3) is 4.70. The fourth-order valence-corrected chi connectivity index (χ4v) is 4.90. The van der Waals surface area contributed by atoms with Crippen molar-refractivity contribution in [1.29, 1.82) is 0 Å². The zero-order valence-electron chi connectivity index (χ0n) is 19.8. The van der Waals surface area contributed by atoms with Crippen molar-refractivity contribution in [1.82, 2.24) is 20.4 Å². The number of allylic oxidation sites excluding steroid dienone is 1. The molecular weight excluding hydrogens is 460 g/mol. The molecule has 8 heteroatoms. The number of carbonyl (C=O) groups is 1. The summed E-state index contributed by atoms with van der Waals surface area (Å²) < 4.78 is 11.1. The van der Waals surface area contributed by atoms with Crippen LogP contribution in [0.4, 0.5) is 4.79 Å². The lowest BCUT2D eigenvalue weighted by Gasteiger charge is -2.35. The minimum Gasteiger partial charge on any atom is -0.497 e. The number of benzene rings is 2. The van der Waals surface area contributed by atoms with Crippen LogP contribution in [0.5, 0.6) is 5.75 Å². The minimum absolute atomic E-state index is 0.151. The number of hydrogen-bond acceptors (Lipinski definition) is 6. The highest BCUT2D eigenvalue weighted by Gasteiger charge is 2.35. The van der Waals surface area contributed by atoms with E-state index in [2.05, 4.69) is 16.5 Å². The van der Waals surface area contributed by atoms with Gasteiger partial charge in [0.1, 0.15) is 5.75 Å². The summed E-state index contributed by atoms with van der Waals surface area (Å²) in [5.41, 5.74) is 4.52. The zero-order valence-corrected chi connectivity index (χ0v) is 20.6. The van der Waals surface area contributed by atoms with E-state index < -0.39 is 6.04 Å². The summed E-state index contributed by atoms with van der Waals surface area (Å²) in [5, 5.41) is 9.44. The zero-order chi connectivity index (χ0) is 24.4. The van der Waals surface area contributed by atoms with E-state index in [4.69, 9.17) is 14.2 Å². The van der Waals surface area contributed by atoms with Crippen LogP contribution in [0.15, 0.2) is 76.3 Å². The number of thiophene rings is 1. The van der Waals surface area contributed by atoms with Crippen LogP contribution in [-0.4, -0.2) is 34.7 Å². The Morgan fingerprint density at radius 2 is 1.86 bits per heavy atom. The van der Waals surface area contributed by atoms with Crippen LogP contribution in [0, 0.1) is 6.92 Å². The van der Waals surface area contributed by atoms with E-state index in [1.54, 1.807) is 23.3 Å². The molecule has 1 aliphatic rings. The van der Waals surface area contributed by atoms with Gasteiger partial charge >= 0.3 is 6.03 Å². The van der Waals surface area contributed by atoms with Crippen LogP contribution in [0.3, 0.4) is 0 Å². The van der Waals surface area contributed by atoms with Gasteiger partial charge in [0.05, 0.1) is 18.7 Å². The average molecular weight is 487 g/mol. The molecule has 7 nitrogen and oxygen atoms in total. The highest BCUT2D eigenvalue weighted by atomic mass is 32.1. The van der Waals surface area contributed by atoms with Crippen LogP contribution in [0.2, 0.25) is 0 Å². The molecule has 0 radical (unpaired) electrons. The Morgan fingerprint density at radius 3 is 2.54 bits per heavy atom. The summed E-state index contributed by atoms with van der Waals surface area (Å²) in [7, 11) is 1.63. The lowest BCUT2D eigenvalue weighted by atomic mass is 9.94. The Kier molecular flexibility index (Phi) is 6.37. The molecule has 2 aromatic heterocycles. The molecule has 178 valence electrons. The van der Waals surface area contributed by atoms with Crippen LogP contribution in [0.1, 0.15) is 34.9 Å². The van der Waals surface area contributed by atoms with Gasteiger partial charge in [-0.15, -0.1) is 11.3 Å². The topological polar surface area (TPSA) is 80.5 Å². The molecule has 5 rings (SSSR count). The standard InChI is InChI=1S/C27H26N4O3S/c1-17-6-8-20(9-7-17)25-29-26(34-30-25)23-18(2)31(15-14-22-5-4-16-35-22)27(32)28-24(23)19-10-12-21(33-3)13-11-19/h4-13,16,24H,14-15H2,1-3H3,(H,28,32). The number of methoxy groups -OCH3 is 1. The summed E-state index contributed by atoms with van der Waals surface area (Å²) in [5.74, 6) is 1.64. The van der Waals surface area contributed by atoms with Crippen LogP contribution in [-0.2, 0) is 6.42 Å². The summed E-state index contributed by atoms with van der Waals surface area (Å²) >= 11 is 1.69. The average Bonchev–Trinajstić information content (AvgIpc) is 3.57. The predicted octanol–water partition coefficient (Wildman–Crippen LogP) is 5.86. The molecule has 1 N–H and O–H groups in total. The first kappa shape index (κ1) is 22.9. The molecule has 0 saturated carbocycles. The van der Waals surface area contributed by atoms with Crippen molar-refractivity contribution >= 4 is 22.9 Å². The van der Waals surface area contributed by atoms with E-state index in [9.17, 15) is 4.79 Å². The summed E-state index contributed by atoms with van der Waals surface area (Å²) in [6, 6.07) is 19.1. The number of urea groups is 1. The van der Waals surface area contributed by atoms with Crippen molar-refractivity contribution < 1.29 is 14.1 Å². The number of nitrogens with one attached hydrogen (secondary N) is 1. The Balaban J connectivity index is 1.54. The number of ether oxygens (including phenoxy) is 1. The number of rotatable bonds is 7. The maximum absolute atomic E-state index is 13.2. The van der Waals surface area contributed by atoms with E-state index in [0.717, 1.165) is 40.1 Å². The Hall–Kier alpha value is -3.91. The number of amides is 2. The molecule has 1 atom stereocenters. The Morgan fingerprint density at radius 1 is 1.09 bits per heavy atom. The number of carbonyl (C=O) groups excluding carboxylic acids is 1. The lowest BCUT2D eigenvalue weighted by molar-refractivity contribution is 0.205. The fraction of sp³-hybridized carbons (Fsp3) is 0.222. The van der Waals surface area contributed by atoms with Crippen molar-refractivity contribution in [2.24, 2.45) is 0 Å². The third-order valence-corrected chi connectivity index (χ3v) is 7.11. The molecule has 4 aromatic rings. The number of hydrogen-bond donors (Lipinski definition) is 1. The molecule has 35 heavy (non-hydrogen) atoms. The van der Waals surface area contributed by atoms with Crippen molar-refractivity contribution in [3.05, 3.63) is 93.6 Å². The maximum Gasteiger partial charge on any atom is 0.322 e. The monoisotopic (exact) mass is 486 g/mol. The molecule has 0 spiro atoms. The van der Waals surface area contributed by atoms with E-state index in [-0.39, 0.29) is 6.03 Å². The van der Waals surface area contributed by atoms with E-state index in [1.165, 1.54) is 4.88 Å². The first-order chi connectivity index (χ1) is 17.0. The smallest absolute Gasteiger partial charge is 0.322 e. The quantitative estimate of drug-likeness (QED) is 0.354. The van der Waals surface area contributed by atoms with Crippen LogP contribution in [0.25, 0.3) is 17.0 Å². The molecular formula is C27H26N4O3S.